The molecule has 0 aromatic carbocycles. The van der Waals surface area contributed by atoms with Crippen molar-refractivity contribution in [3.05, 3.63) is 11.1 Å². The number of allylic oxidation sites excluding steroid dienone is 2. The third kappa shape index (κ3) is 11.8. The summed E-state index contributed by atoms with van der Waals surface area (Å²) in [5, 5.41) is 0. The smallest absolute Gasteiger partial charge is 0.409 e. The Morgan fingerprint density at radius 1 is 0.839 bits per heavy atom. The second-order valence-corrected chi connectivity index (χ2v) is 10.3. The third-order valence-electron chi connectivity index (χ3n) is 6.83. The van der Waals surface area contributed by atoms with Crippen LogP contribution in [0.4, 0.5) is 4.79 Å². The molecule has 0 saturated carbocycles. The summed E-state index contributed by atoms with van der Waals surface area (Å²) in [6, 6.07) is 0. The largest absolute Gasteiger partial charge is 0.449 e. The van der Waals surface area contributed by atoms with Gasteiger partial charge in [-0.1, -0.05) is 90.0 Å². The van der Waals surface area contributed by atoms with Crippen LogP contribution in [0.3, 0.4) is 0 Å². The molecule has 0 fully saturated rings. The first-order valence-corrected chi connectivity index (χ1v) is 12.8. The highest BCUT2D eigenvalue weighted by atomic mass is 16.6. The van der Waals surface area contributed by atoms with Crippen LogP contribution in [0.25, 0.3) is 0 Å². The molecule has 0 aromatic rings. The molecule has 0 aliphatic heterocycles. The van der Waals surface area contributed by atoms with Gasteiger partial charge in [0.05, 0.1) is 6.61 Å². The molecule has 0 saturated heterocycles. The third-order valence-corrected chi connectivity index (χ3v) is 6.83. The van der Waals surface area contributed by atoms with Crippen LogP contribution in [0.2, 0.25) is 0 Å². The molecule has 1 aliphatic carbocycles. The van der Waals surface area contributed by atoms with Gasteiger partial charge in [-0.05, 0) is 43.6 Å². The Morgan fingerprint density at radius 3 is 1.77 bits per heavy atom. The summed E-state index contributed by atoms with van der Waals surface area (Å²) in [7, 11) is 3.42. The van der Waals surface area contributed by atoms with Gasteiger partial charge in [0.25, 0.3) is 0 Å². The first kappa shape index (κ1) is 27.7. The van der Waals surface area contributed by atoms with Gasteiger partial charge in [0.15, 0.2) is 5.78 Å². The van der Waals surface area contributed by atoms with Gasteiger partial charge in [-0.15, -0.1) is 0 Å². The lowest BCUT2D eigenvalue weighted by atomic mass is 9.70. The predicted molar refractivity (Wildman–Crippen MR) is 130 cm³/mol. The topological polar surface area (TPSA) is 46.6 Å². The molecule has 180 valence electrons. The van der Waals surface area contributed by atoms with Crippen molar-refractivity contribution in [2.75, 3.05) is 20.7 Å². The van der Waals surface area contributed by atoms with Crippen molar-refractivity contribution in [1.82, 2.24) is 4.90 Å². The van der Waals surface area contributed by atoms with Crippen molar-refractivity contribution in [2.45, 2.75) is 124 Å². The van der Waals surface area contributed by atoms with Crippen molar-refractivity contribution in [1.29, 1.82) is 0 Å². The number of carbonyl (C=O) groups is 2. The lowest BCUT2D eigenvalue weighted by Gasteiger charge is -2.34. The van der Waals surface area contributed by atoms with E-state index in [9.17, 15) is 9.59 Å². The average Bonchev–Trinajstić information content (AvgIpc) is 2.72. The lowest BCUT2D eigenvalue weighted by Crippen LogP contribution is -2.25. The number of unbranched alkanes of at least 4 members (excludes halogenated alkanes) is 12. The fourth-order valence-electron chi connectivity index (χ4n) is 4.60. The molecule has 0 N–H and O–H groups in total. The molecule has 1 rings (SSSR count). The number of hydrogen-bond donors (Lipinski definition) is 0. The van der Waals surface area contributed by atoms with Crippen LogP contribution in [0.1, 0.15) is 124 Å². The number of nitrogens with zero attached hydrogens (tertiary/aromatic N) is 1. The molecule has 0 spiro atoms. The average molecular weight is 436 g/mol. The van der Waals surface area contributed by atoms with Crippen LogP contribution in [0.5, 0.6) is 0 Å². The van der Waals surface area contributed by atoms with Gasteiger partial charge in [0.1, 0.15) is 0 Å². The van der Waals surface area contributed by atoms with Crippen molar-refractivity contribution in [3.63, 3.8) is 0 Å². The van der Waals surface area contributed by atoms with E-state index in [1.807, 2.05) is 6.92 Å². The summed E-state index contributed by atoms with van der Waals surface area (Å²) >= 11 is 0. The van der Waals surface area contributed by atoms with Crippen molar-refractivity contribution in [2.24, 2.45) is 5.41 Å². The fraction of sp³-hybridized carbons (Fsp3) is 0.852. The van der Waals surface area contributed by atoms with Crippen LogP contribution in [-0.2, 0) is 9.53 Å². The van der Waals surface area contributed by atoms with Gasteiger partial charge in [-0.25, -0.2) is 4.79 Å². The molecule has 4 nitrogen and oxygen atoms in total. The zero-order valence-corrected chi connectivity index (χ0v) is 21.2. The van der Waals surface area contributed by atoms with Crippen LogP contribution in [0, 0.1) is 5.41 Å². The van der Waals surface area contributed by atoms with E-state index in [0.29, 0.717) is 12.4 Å². The van der Waals surface area contributed by atoms with Gasteiger partial charge in [-0.2, -0.15) is 0 Å². The second-order valence-electron chi connectivity index (χ2n) is 10.3. The quantitative estimate of drug-likeness (QED) is 0.232. The Balaban J connectivity index is 1.88. The zero-order chi connectivity index (χ0) is 23.1. The van der Waals surface area contributed by atoms with E-state index in [2.05, 4.69) is 13.8 Å². The Bertz CT molecular complexity index is 563. The van der Waals surface area contributed by atoms with Gasteiger partial charge in [-0.3, -0.25) is 4.79 Å². The molecular formula is C27H49NO3. The van der Waals surface area contributed by atoms with E-state index in [-0.39, 0.29) is 11.5 Å². The predicted octanol–water partition coefficient (Wildman–Crippen LogP) is 7.85. The molecule has 4 heteroatoms. The van der Waals surface area contributed by atoms with Crippen LogP contribution >= 0.6 is 0 Å². The Hall–Kier alpha value is -1.32. The van der Waals surface area contributed by atoms with Gasteiger partial charge in [0.2, 0.25) is 0 Å². The van der Waals surface area contributed by atoms with Crippen LogP contribution in [-0.4, -0.2) is 37.5 Å². The summed E-state index contributed by atoms with van der Waals surface area (Å²) in [6.07, 6.45) is 19.3. The van der Waals surface area contributed by atoms with Gasteiger partial charge < -0.3 is 9.64 Å². The summed E-state index contributed by atoms with van der Waals surface area (Å²) in [4.78, 5) is 24.8. The minimum Gasteiger partial charge on any atom is -0.449 e. The molecule has 0 heterocycles. The van der Waals surface area contributed by atoms with E-state index in [0.717, 1.165) is 37.7 Å². The SMILES string of the molecule is CC1=C(CCCCCCCCCCCCCCCOC(=O)N(C)C)C(C)(C)CCC1=O. The zero-order valence-electron chi connectivity index (χ0n) is 21.2. The van der Waals surface area contributed by atoms with Crippen molar-refractivity contribution in [3.8, 4) is 0 Å². The number of hydrogen-bond acceptors (Lipinski definition) is 3. The highest BCUT2D eigenvalue weighted by molar-refractivity contribution is 5.96. The Morgan fingerprint density at radius 2 is 1.29 bits per heavy atom. The highest BCUT2D eigenvalue weighted by Crippen LogP contribution is 2.41. The van der Waals surface area contributed by atoms with Crippen molar-refractivity contribution >= 4 is 11.9 Å². The standard InChI is InChI=1S/C27H49NO3/c1-23-24(27(2,3)21-20-25(23)29)19-17-15-13-11-9-7-6-8-10-12-14-16-18-22-31-26(30)28(4)5/h6-22H2,1-5H3. The number of rotatable bonds is 16. The van der Waals surface area contributed by atoms with E-state index in [4.69, 9.17) is 4.74 Å². The molecule has 0 unspecified atom stereocenters. The van der Waals surface area contributed by atoms with Gasteiger partial charge in [0, 0.05) is 20.5 Å². The van der Waals surface area contributed by atoms with E-state index in [1.165, 1.54) is 81.1 Å². The Labute approximate surface area is 192 Å². The minimum absolute atomic E-state index is 0.219. The lowest BCUT2D eigenvalue weighted by molar-refractivity contribution is -0.116. The summed E-state index contributed by atoms with van der Waals surface area (Å²) < 4.78 is 5.13. The number of carbonyl (C=O) groups excluding carboxylic acids is 2. The first-order chi connectivity index (χ1) is 14.8. The fourth-order valence-corrected chi connectivity index (χ4v) is 4.60. The van der Waals surface area contributed by atoms with Crippen LogP contribution < -0.4 is 0 Å². The number of ether oxygens (including phenoxy) is 1. The maximum absolute atomic E-state index is 12.0. The molecule has 1 aliphatic rings. The second kappa shape index (κ2) is 15.5. The summed E-state index contributed by atoms with van der Waals surface area (Å²) in [5.74, 6) is 0.375. The highest BCUT2D eigenvalue weighted by Gasteiger charge is 2.31. The molecule has 1 amide bonds. The summed E-state index contributed by atoms with van der Waals surface area (Å²) in [5.41, 5.74) is 2.71. The molecule has 0 radical (unpaired) electrons. The van der Waals surface area contributed by atoms with Crippen molar-refractivity contribution < 1.29 is 14.3 Å². The number of amides is 1. The minimum atomic E-state index is -0.239. The monoisotopic (exact) mass is 435 g/mol. The molecule has 0 bridgehead atoms. The first-order valence-electron chi connectivity index (χ1n) is 12.8. The molecule has 31 heavy (non-hydrogen) atoms. The van der Waals surface area contributed by atoms with E-state index < -0.39 is 0 Å². The molecule has 0 atom stereocenters. The number of ketones is 1. The number of Topliss-reactive ketones (excluding diaryl/α,β-unsaturated/α-hetero) is 1. The maximum Gasteiger partial charge on any atom is 0.409 e. The molecular weight excluding hydrogens is 386 g/mol. The normalized spacial score (nSPS) is 16.0. The van der Waals surface area contributed by atoms with E-state index in [1.54, 1.807) is 14.1 Å². The van der Waals surface area contributed by atoms with E-state index >= 15 is 0 Å². The maximum atomic E-state index is 12.0. The summed E-state index contributed by atoms with van der Waals surface area (Å²) in [6.45, 7) is 7.20. The Kier molecular flexibility index (Phi) is 13.8. The van der Waals surface area contributed by atoms with Gasteiger partial charge >= 0.3 is 6.09 Å². The van der Waals surface area contributed by atoms with Crippen LogP contribution in [0.15, 0.2) is 11.1 Å². The molecule has 0 aromatic heterocycles.